The number of hydrogen-bond donors (Lipinski definition) is 1. The average molecular weight is 426 g/mol. The van der Waals surface area contributed by atoms with Crippen molar-refractivity contribution in [2.45, 2.75) is 5.54 Å². The van der Waals surface area contributed by atoms with Crippen LogP contribution in [0.2, 0.25) is 0 Å². The van der Waals surface area contributed by atoms with E-state index in [4.69, 9.17) is 0 Å². The van der Waals surface area contributed by atoms with Crippen molar-refractivity contribution < 1.29 is 14.0 Å². The molecule has 31 heavy (non-hydrogen) atoms. The number of rotatable bonds is 3. The highest BCUT2D eigenvalue weighted by Crippen LogP contribution is 2.54. The molecule has 150 valence electrons. The van der Waals surface area contributed by atoms with E-state index in [1.54, 1.807) is 18.2 Å². The molecule has 4 heterocycles. The second kappa shape index (κ2) is 6.36. The number of Topliss-reactive ketones (excluding diaryl/α,β-unsaturated/α-hetero) is 1. The highest BCUT2D eigenvalue weighted by Gasteiger charge is 2.58. The van der Waals surface area contributed by atoms with Crippen molar-refractivity contribution in [2.75, 3.05) is 5.32 Å². The van der Waals surface area contributed by atoms with Crippen LogP contribution in [0.4, 0.5) is 10.1 Å². The molecule has 2 aliphatic rings. The first-order chi connectivity index (χ1) is 15.1. The number of ketones is 1. The summed E-state index contributed by atoms with van der Waals surface area (Å²) in [5.41, 5.74) is 2.57. The molecular formula is C25H15FN2O2S. The van der Waals surface area contributed by atoms with Crippen molar-refractivity contribution in [3.63, 3.8) is 0 Å². The van der Waals surface area contributed by atoms with Crippen LogP contribution in [-0.4, -0.2) is 16.3 Å². The summed E-state index contributed by atoms with van der Waals surface area (Å²) in [6, 6.07) is 20.8. The normalized spacial score (nSPS) is 18.9. The lowest BCUT2D eigenvalue weighted by Crippen LogP contribution is -2.43. The molecule has 0 saturated carbocycles. The summed E-state index contributed by atoms with van der Waals surface area (Å²) in [6.07, 6.45) is 1.83. The minimum atomic E-state index is -1.32. The van der Waals surface area contributed by atoms with E-state index in [0.29, 0.717) is 27.3 Å². The number of benzene rings is 2. The number of anilines is 1. The first-order valence-corrected chi connectivity index (χ1v) is 10.7. The van der Waals surface area contributed by atoms with Gasteiger partial charge in [0, 0.05) is 23.0 Å². The molecule has 1 unspecified atom stereocenters. The standard InChI is InChI=1S/C25H15FN2O2S/c26-16-11-9-15(10-12-16)21-19-7-3-13-28(19)25(22(21)23(29)20-8-4-14-31-20)17-5-1-2-6-18(17)27-24(25)30/h1-14H,(H,27,30). The lowest BCUT2D eigenvalue weighted by molar-refractivity contribution is -0.120. The van der Waals surface area contributed by atoms with Gasteiger partial charge in [-0.2, -0.15) is 0 Å². The van der Waals surface area contributed by atoms with Crippen LogP contribution in [0, 0.1) is 5.82 Å². The number of halogens is 1. The van der Waals surface area contributed by atoms with Gasteiger partial charge in [-0.3, -0.25) is 9.59 Å². The number of carbonyl (C=O) groups is 2. The number of fused-ring (bicyclic) bond motifs is 4. The molecule has 6 rings (SSSR count). The minimum Gasteiger partial charge on any atom is -0.325 e. The fourth-order valence-corrected chi connectivity index (χ4v) is 5.42. The van der Waals surface area contributed by atoms with Crippen molar-refractivity contribution in [3.05, 3.63) is 117 Å². The van der Waals surface area contributed by atoms with E-state index >= 15 is 0 Å². The highest BCUT2D eigenvalue weighted by molar-refractivity contribution is 7.12. The van der Waals surface area contributed by atoms with E-state index in [2.05, 4.69) is 5.32 Å². The molecule has 0 aliphatic carbocycles. The summed E-state index contributed by atoms with van der Waals surface area (Å²) in [6.45, 7) is 0. The Balaban J connectivity index is 1.75. The van der Waals surface area contributed by atoms with Gasteiger partial charge in [0.05, 0.1) is 16.1 Å². The molecule has 2 aliphatic heterocycles. The van der Waals surface area contributed by atoms with E-state index < -0.39 is 5.54 Å². The number of carbonyl (C=O) groups excluding carboxylic acids is 2. The molecule has 1 N–H and O–H groups in total. The van der Waals surface area contributed by atoms with Gasteiger partial charge in [0.25, 0.3) is 5.91 Å². The smallest absolute Gasteiger partial charge is 0.260 e. The minimum absolute atomic E-state index is 0.204. The predicted octanol–water partition coefficient (Wildman–Crippen LogP) is 5.08. The van der Waals surface area contributed by atoms with Crippen LogP contribution >= 0.6 is 11.3 Å². The van der Waals surface area contributed by atoms with Gasteiger partial charge in [0.15, 0.2) is 5.54 Å². The van der Waals surface area contributed by atoms with E-state index in [9.17, 15) is 14.0 Å². The second-order valence-corrected chi connectivity index (χ2v) is 8.48. The summed E-state index contributed by atoms with van der Waals surface area (Å²) in [5.74, 6) is -0.837. The van der Waals surface area contributed by atoms with Gasteiger partial charge in [-0.05, 0) is 47.3 Å². The largest absolute Gasteiger partial charge is 0.325 e. The maximum Gasteiger partial charge on any atom is 0.260 e. The second-order valence-electron chi connectivity index (χ2n) is 7.54. The number of hydrogen-bond acceptors (Lipinski definition) is 3. The zero-order valence-electron chi connectivity index (χ0n) is 16.1. The average Bonchev–Trinajstić information content (AvgIpc) is 3.54. The topological polar surface area (TPSA) is 51.1 Å². The maximum absolute atomic E-state index is 13.9. The molecule has 1 amide bonds. The van der Waals surface area contributed by atoms with E-state index in [0.717, 1.165) is 11.3 Å². The van der Waals surface area contributed by atoms with Gasteiger partial charge in [-0.15, -0.1) is 11.3 Å². The summed E-state index contributed by atoms with van der Waals surface area (Å²) in [5, 5.41) is 4.81. The van der Waals surface area contributed by atoms with Crippen molar-refractivity contribution in [1.82, 2.24) is 4.57 Å². The van der Waals surface area contributed by atoms with Crippen LogP contribution in [0.25, 0.3) is 5.57 Å². The summed E-state index contributed by atoms with van der Waals surface area (Å²) >= 11 is 1.34. The Morgan fingerprint density at radius 1 is 0.968 bits per heavy atom. The van der Waals surface area contributed by atoms with E-state index in [1.807, 2.05) is 58.6 Å². The lowest BCUT2D eigenvalue weighted by atomic mass is 9.79. The Morgan fingerprint density at radius 2 is 1.77 bits per heavy atom. The van der Waals surface area contributed by atoms with Gasteiger partial charge >= 0.3 is 0 Å². The quantitative estimate of drug-likeness (QED) is 0.465. The molecule has 4 nitrogen and oxygen atoms in total. The molecule has 0 fully saturated rings. The molecule has 2 aromatic heterocycles. The van der Waals surface area contributed by atoms with Crippen molar-refractivity contribution >= 4 is 34.3 Å². The number of nitrogens with zero attached hydrogens (tertiary/aromatic N) is 1. The van der Waals surface area contributed by atoms with Gasteiger partial charge in [-0.1, -0.05) is 36.4 Å². The molecule has 0 radical (unpaired) electrons. The molecule has 6 heteroatoms. The Hall–Kier alpha value is -3.77. The third-order valence-electron chi connectivity index (χ3n) is 5.98. The summed E-state index contributed by atoms with van der Waals surface area (Å²) in [7, 11) is 0. The SMILES string of the molecule is O=C(C1=C(c2ccc(F)cc2)c2cccn2C12C(=O)Nc1ccccc12)c1cccs1. The lowest BCUT2D eigenvalue weighted by Gasteiger charge is -2.28. The maximum atomic E-state index is 13.9. The number of amides is 1. The van der Waals surface area contributed by atoms with Crippen LogP contribution in [-0.2, 0) is 10.3 Å². The van der Waals surface area contributed by atoms with Gasteiger partial charge in [0.1, 0.15) is 5.82 Å². The molecule has 1 atom stereocenters. The predicted molar refractivity (Wildman–Crippen MR) is 118 cm³/mol. The van der Waals surface area contributed by atoms with Gasteiger partial charge < -0.3 is 9.88 Å². The van der Waals surface area contributed by atoms with E-state index in [1.165, 1.54) is 23.5 Å². The first-order valence-electron chi connectivity index (χ1n) is 9.80. The summed E-state index contributed by atoms with van der Waals surface area (Å²) in [4.78, 5) is 28.1. The summed E-state index contributed by atoms with van der Waals surface area (Å²) < 4.78 is 15.6. The number of aromatic nitrogens is 1. The third-order valence-corrected chi connectivity index (χ3v) is 6.85. The Morgan fingerprint density at radius 3 is 2.55 bits per heavy atom. The Bertz CT molecular complexity index is 1400. The van der Waals surface area contributed by atoms with Crippen LogP contribution in [0.3, 0.4) is 0 Å². The number of para-hydroxylation sites is 1. The molecule has 1 spiro atoms. The van der Waals surface area contributed by atoms with E-state index in [-0.39, 0.29) is 17.5 Å². The zero-order valence-corrected chi connectivity index (χ0v) is 16.9. The van der Waals surface area contributed by atoms with Crippen LogP contribution in [0.1, 0.15) is 26.5 Å². The number of nitrogens with one attached hydrogen (secondary N) is 1. The van der Waals surface area contributed by atoms with Crippen molar-refractivity contribution in [3.8, 4) is 0 Å². The molecule has 2 aromatic carbocycles. The zero-order chi connectivity index (χ0) is 21.2. The van der Waals surface area contributed by atoms with Crippen molar-refractivity contribution in [1.29, 1.82) is 0 Å². The fraction of sp³-hybridized carbons (Fsp3) is 0.0400. The monoisotopic (exact) mass is 426 g/mol. The van der Waals surface area contributed by atoms with Gasteiger partial charge in [-0.25, -0.2) is 4.39 Å². The molecule has 0 saturated heterocycles. The Labute approximate surface area is 181 Å². The highest BCUT2D eigenvalue weighted by atomic mass is 32.1. The molecule has 0 bridgehead atoms. The van der Waals surface area contributed by atoms with Crippen molar-refractivity contribution in [2.24, 2.45) is 0 Å². The third kappa shape index (κ3) is 2.28. The molecular weight excluding hydrogens is 411 g/mol. The van der Waals surface area contributed by atoms with Crippen LogP contribution in [0.15, 0.2) is 89.9 Å². The van der Waals surface area contributed by atoms with Crippen LogP contribution in [0.5, 0.6) is 0 Å². The number of thiophene rings is 1. The Kier molecular flexibility index (Phi) is 3.70. The van der Waals surface area contributed by atoms with Crippen LogP contribution < -0.4 is 5.32 Å². The first kappa shape index (κ1) is 18.0. The molecule has 4 aromatic rings. The fourth-order valence-electron chi connectivity index (χ4n) is 4.75. The van der Waals surface area contributed by atoms with Gasteiger partial charge in [0.2, 0.25) is 5.78 Å².